The normalized spacial score (nSPS) is 10.9. The van der Waals surface area contributed by atoms with Gasteiger partial charge in [0.1, 0.15) is 5.76 Å². The number of carbonyl (C=O) groups is 1. The third kappa shape index (κ3) is 3.27. The predicted molar refractivity (Wildman–Crippen MR) is 91.1 cm³/mol. The molecule has 3 aromatic rings. The maximum absolute atomic E-state index is 12.3. The van der Waals surface area contributed by atoms with Gasteiger partial charge in [0.15, 0.2) is 0 Å². The first-order valence-electron chi connectivity index (χ1n) is 8.16. The Hall–Kier alpha value is -2.76. The van der Waals surface area contributed by atoms with Crippen LogP contribution in [0.5, 0.6) is 5.88 Å². The van der Waals surface area contributed by atoms with E-state index in [1.165, 1.54) is 0 Å². The number of ether oxygens (including phenoxy) is 1. The fraction of sp³-hybridized carbons (Fsp3) is 0.333. The van der Waals surface area contributed by atoms with Crippen molar-refractivity contribution < 1.29 is 13.9 Å². The number of nitrogens with zero attached hydrogens (tertiary/aromatic N) is 2. The summed E-state index contributed by atoms with van der Waals surface area (Å²) in [7, 11) is 0. The van der Waals surface area contributed by atoms with Crippen LogP contribution in [0.1, 0.15) is 36.4 Å². The van der Waals surface area contributed by atoms with E-state index in [2.05, 4.69) is 17.3 Å². The first kappa shape index (κ1) is 16.1. The minimum absolute atomic E-state index is 0.156. The summed E-state index contributed by atoms with van der Waals surface area (Å²) in [6.07, 6.45) is 2.55. The highest BCUT2D eigenvalue weighted by molar-refractivity contribution is 5.98. The van der Waals surface area contributed by atoms with Crippen molar-refractivity contribution in [3.8, 4) is 5.88 Å². The van der Waals surface area contributed by atoms with E-state index in [4.69, 9.17) is 9.15 Å². The number of furan rings is 1. The van der Waals surface area contributed by atoms with E-state index in [9.17, 15) is 4.79 Å². The summed E-state index contributed by atoms with van der Waals surface area (Å²) in [5, 5.41) is 8.33. The van der Waals surface area contributed by atoms with Crippen LogP contribution in [0.4, 0.5) is 0 Å². The molecule has 2 heterocycles. The van der Waals surface area contributed by atoms with Crippen molar-refractivity contribution in [2.24, 2.45) is 0 Å². The van der Waals surface area contributed by atoms with Crippen molar-refractivity contribution in [2.45, 2.75) is 33.4 Å². The molecule has 0 aliphatic carbocycles. The summed E-state index contributed by atoms with van der Waals surface area (Å²) < 4.78 is 12.8. The molecule has 1 N–H and O–H groups in total. The van der Waals surface area contributed by atoms with Crippen LogP contribution in [-0.2, 0) is 13.1 Å². The average molecular weight is 327 g/mol. The van der Waals surface area contributed by atoms with E-state index < -0.39 is 0 Å². The lowest BCUT2D eigenvalue weighted by Crippen LogP contribution is -2.22. The summed E-state index contributed by atoms with van der Waals surface area (Å²) in [5.74, 6) is 1.32. The van der Waals surface area contributed by atoms with E-state index in [1.807, 2.05) is 23.7 Å². The van der Waals surface area contributed by atoms with Crippen LogP contribution in [0.3, 0.4) is 0 Å². The maximum atomic E-state index is 12.3. The van der Waals surface area contributed by atoms with Crippen LogP contribution in [-0.4, -0.2) is 22.3 Å². The number of hydrogen-bond acceptors (Lipinski definition) is 4. The zero-order valence-electron chi connectivity index (χ0n) is 13.9. The predicted octanol–water partition coefficient (Wildman–Crippen LogP) is 3.37. The Morgan fingerprint density at radius 2 is 2.21 bits per heavy atom. The standard InChI is InChI=1S/C18H21N3O3/c1-3-9-21-18(23-4-2)15-8-7-13(11-16(15)20-21)17(22)19-12-14-6-5-10-24-14/h5-8,10-11H,3-4,9,12H2,1-2H3,(H,19,22). The quantitative estimate of drug-likeness (QED) is 0.722. The molecule has 0 saturated heterocycles. The lowest BCUT2D eigenvalue weighted by Gasteiger charge is -2.06. The lowest BCUT2D eigenvalue weighted by atomic mass is 10.1. The molecule has 0 bridgehead atoms. The summed E-state index contributed by atoms with van der Waals surface area (Å²) in [5.41, 5.74) is 1.33. The molecule has 6 heteroatoms. The van der Waals surface area contributed by atoms with Gasteiger partial charge in [0.25, 0.3) is 5.91 Å². The van der Waals surface area contributed by atoms with Crippen LogP contribution in [0.25, 0.3) is 10.9 Å². The van der Waals surface area contributed by atoms with Crippen molar-refractivity contribution in [1.29, 1.82) is 0 Å². The molecule has 0 fully saturated rings. The highest BCUT2D eigenvalue weighted by atomic mass is 16.5. The van der Waals surface area contributed by atoms with Gasteiger partial charge in [0.05, 0.1) is 30.3 Å². The van der Waals surface area contributed by atoms with Gasteiger partial charge in [-0.1, -0.05) is 6.92 Å². The average Bonchev–Trinajstić information content (AvgIpc) is 3.21. The van der Waals surface area contributed by atoms with E-state index in [0.29, 0.717) is 18.7 Å². The molecule has 1 aromatic carbocycles. The summed E-state index contributed by atoms with van der Waals surface area (Å²) in [4.78, 5) is 12.3. The van der Waals surface area contributed by atoms with Gasteiger partial charge in [0.2, 0.25) is 5.88 Å². The fourth-order valence-electron chi connectivity index (χ4n) is 2.59. The molecule has 0 aliphatic heterocycles. The Bertz CT molecular complexity index is 822. The number of hydrogen-bond donors (Lipinski definition) is 1. The monoisotopic (exact) mass is 327 g/mol. The molecule has 0 radical (unpaired) electrons. The van der Waals surface area contributed by atoms with Crippen LogP contribution in [0, 0.1) is 0 Å². The topological polar surface area (TPSA) is 69.3 Å². The Kier molecular flexibility index (Phi) is 4.84. The molecule has 0 saturated carbocycles. The van der Waals surface area contributed by atoms with Gasteiger partial charge in [-0.25, -0.2) is 4.68 Å². The Labute approximate surface area is 140 Å². The number of nitrogens with one attached hydrogen (secondary N) is 1. The van der Waals surface area contributed by atoms with Gasteiger partial charge in [-0.2, -0.15) is 5.10 Å². The molecule has 6 nitrogen and oxygen atoms in total. The van der Waals surface area contributed by atoms with Crippen LogP contribution < -0.4 is 10.1 Å². The largest absolute Gasteiger partial charge is 0.478 e. The molecule has 0 unspecified atom stereocenters. The molecule has 0 atom stereocenters. The molecule has 126 valence electrons. The van der Waals surface area contributed by atoms with Crippen LogP contribution in [0.2, 0.25) is 0 Å². The van der Waals surface area contributed by atoms with Crippen molar-refractivity contribution in [1.82, 2.24) is 15.1 Å². The molecule has 24 heavy (non-hydrogen) atoms. The van der Waals surface area contributed by atoms with Gasteiger partial charge >= 0.3 is 0 Å². The molecule has 0 aliphatic rings. The number of amides is 1. The molecule has 2 aromatic heterocycles. The third-order valence-electron chi connectivity index (χ3n) is 3.67. The smallest absolute Gasteiger partial charge is 0.251 e. The Morgan fingerprint density at radius 1 is 1.33 bits per heavy atom. The zero-order valence-corrected chi connectivity index (χ0v) is 13.9. The maximum Gasteiger partial charge on any atom is 0.251 e. The Morgan fingerprint density at radius 3 is 2.92 bits per heavy atom. The van der Waals surface area contributed by atoms with E-state index in [1.54, 1.807) is 24.5 Å². The van der Waals surface area contributed by atoms with Crippen molar-refractivity contribution >= 4 is 16.8 Å². The SMILES string of the molecule is CCCn1nc2cc(C(=O)NCc3ccco3)ccc2c1OCC. The number of aromatic nitrogens is 2. The number of fused-ring (bicyclic) bond motifs is 1. The van der Waals surface area contributed by atoms with Crippen LogP contribution in [0.15, 0.2) is 41.0 Å². The van der Waals surface area contributed by atoms with E-state index in [-0.39, 0.29) is 5.91 Å². The van der Waals surface area contributed by atoms with E-state index in [0.717, 1.165) is 35.5 Å². The summed E-state index contributed by atoms with van der Waals surface area (Å²) in [6, 6.07) is 9.09. The highest BCUT2D eigenvalue weighted by Gasteiger charge is 2.14. The molecule has 1 amide bonds. The second-order valence-corrected chi connectivity index (χ2v) is 5.46. The molecular weight excluding hydrogens is 306 g/mol. The third-order valence-corrected chi connectivity index (χ3v) is 3.67. The van der Waals surface area contributed by atoms with Crippen molar-refractivity contribution in [3.05, 3.63) is 47.9 Å². The first-order valence-corrected chi connectivity index (χ1v) is 8.16. The van der Waals surface area contributed by atoms with Crippen molar-refractivity contribution in [3.63, 3.8) is 0 Å². The van der Waals surface area contributed by atoms with Gasteiger partial charge in [0, 0.05) is 12.1 Å². The molecule has 0 spiro atoms. The number of aryl methyl sites for hydroxylation is 1. The van der Waals surface area contributed by atoms with Gasteiger partial charge in [-0.05, 0) is 43.7 Å². The van der Waals surface area contributed by atoms with Crippen LogP contribution >= 0.6 is 0 Å². The second kappa shape index (κ2) is 7.21. The summed E-state index contributed by atoms with van der Waals surface area (Å²) >= 11 is 0. The van der Waals surface area contributed by atoms with Crippen molar-refractivity contribution in [2.75, 3.05) is 6.61 Å². The van der Waals surface area contributed by atoms with Gasteiger partial charge in [-0.15, -0.1) is 0 Å². The highest BCUT2D eigenvalue weighted by Crippen LogP contribution is 2.27. The minimum Gasteiger partial charge on any atom is -0.478 e. The lowest BCUT2D eigenvalue weighted by molar-refractivity contribution is 0.0948. The fourth-order valence-corrected chi connectivity index (χ4v) is 2.59. The summed E-state index contributed by atoms with van der Waals surface area (Å²) in [6.45, 7) is 5.76. The molecular formula is C18H21N3O3. The molecule has 3 rings (SSSR count). The van der Waals surface area contributed by atoms with Gasteiger partial charge in [-0.3, -0.25) is 4.79 Å². The zero-order chi connectivity index (χ0) is 16.9. The van der Waals surface area contributed by atoms with Gasteiger partial charge < -0.3 is 14.5 Å². The van der Waals surface area contributed by atoms with E-state index >= 15 is 0 Å². The minimum atomic E-state index is -0.156. The number of carbonyl (C=O) groups excluding carboxylic acids is 1. The number of rotatable bonds is 7. The Balaban J connectivity index is 1.83. The number of benzene rings is 1. The second-order valence-electron chi connectivity index (χ2n) is 5.46. The first-order chi connectivity index (χ1) is 11.7.